The SMILES string of the molecule is CSCN(CCC(C)C)CC(=O)NC(CSCC1CCCCC1)C(=O)NCc1ccc([N+](=O)[O-])cc1. The number of hydrogen-bond acceptors (Lipinski definition) is 7. The lowest BCUT2D eigenvalue weighted by molar-refractivity contribution is -0.384. The lowest BCUT2D eigenvalue weighted by Gasteiger charge is -2.25. The fraction of sp³-hybridized carbons (Fsp3) is 0.692. The fourth-order valence-electron chi connectivity index (χ4n) is 4.19. The summed E-state index contributed by atoms with van der Waals surface area (Å²) in [4.78, 5) is 38.5. The molecule has 2 amide bonds. The smallest absolute Gasteiger partial charge is 0.269 e. The summed E-state index contributed by atoms with van der Waals surface area (Å²) in [7, 11) is 0. The molecule has 1 saturated carbocycles. The van der Waals surface area contributed by atoms with Crippen molar-refractivity contribution in [1.29, 1.82) is 0 Å². The first-order valence-corrected chi connectivity index (χ1v) is 15.4. The highest BCUT2D eigenvalue weighted by Crippen LogP contribution is 2.27. The lowest BCUT2D eigenvalue weighted by Crippen LogP contribution is -2.50. The Kier molecular flexibility index (Phi) is 14.3. The zero-order valence-corrected chi connectivity index (χ0v) is 23.5. The number of nitro groups is 1. The number of carbonyl (C=O) groups excluding carboxylic acids is 2. The van der Waals surface area contributed by atoms with Gasteiger partial charge in [-0.1, -0.05) is 45.2 Å². The summed E-state index contributed by atoms with van der Waals surface area (Å²) in [6, 6.07) is 5.51. The van der Waals surface area contributed by atoms with Gasteiger partial charge in [-0.2, -0.15) is 11.8 Å². The highest BCUT2D eigenvalue weighted by Gasteiger charge is 2.23. The molecule has 2 N–H and O–H groups in total. The third-order valence-electron chi connectivity index (χ3n) is 6.33. The minimum absolute atomic E-state index is 0.0154. The van der Waals surface area contributed by atoms with Crippen LogP contribution in [0.25, 0.3) is 0 Å². The molecule has 0 aromatic heterocycles. The molecule has 1 atom stereocenters. The predicted molar refractivity (Wildman–Crippen MR) is 150 cm³/mol. The molecule has 0 aliphatic heterocycles. The Morgan fingerprint density at radius 2 is 1.86 bits per heavy atom. The maximum Gasteiger partial charge on any atom is 0.269 e. The Morgan fingerprint density at radius 1 is 1.17 bits per heavy atom. The van der Waals surface area contributed by atoms with E-state index in [4.69, 9.17) is 0 Å². The maximum absolute atomic E-state index is 13.1. The van der Waals surface area contributed by atoms with E-state index in [0.717, 1.165) is 30.2 Å². The average molecular weight is 539 g/mol. The van der Waals surface area contributed by atoms with E-state index in [0.29, 0.717) is 17.6 Å². The van der Waals surface area contributed by atoms with Crippen LogP contribution in [0.2, 0.25) is 0 Å². The van der Waals surface area contributed by atoms with Crippen LogP contribution >= 0.6 is 23.5 Å². The Labute approximate surface area is 224 Å². The van der Waals surface area contributed by atoms with Crippen LogP contribution in [-0.2, 0) is 16.1 Å². The Hall–Kier alpha value is -1.78. The van der Waals surface area contributed by atoms with E-state index in [2.05, 4.69) is 29.4 Å². The third kappa shape index (κ3) is 12.0. The van der Waals surface area contributed by atoms with Crippen LogP contribution in [0.1, 0.15) is 57.9 Å². The quantitative estimate of drug-likeness (QED) is 0.179. The van der Waals surface area contributed by atoms with Crippen molar-refractivity contribution in [2.75, 3.05) is 36.7 Å². The Balaban J connectivity index is 1.95. The topological polar surface area (TPSA) is 105 Å². The van der Waals surface area contributed by atoms with Crippen LogP contribution in [0.4, 0.5) is 5.69 Å². The van der Waals surface area contributed by atoms with Gasteiger partial charge in [0.15, 0.2) is 0 Å². The molecule has 1 aliphatic rings. The van der Waals surface area contributed by atoms with Crippen molar-refractivity contribution in [3.8, 4) is 0 Å². The number of benzene rings is 1. The molecule has 36 heavy (non-hydrogen) atoms. The second kappa shape index (κ2) is 16.9. The van der Waals surface area contributed by atoms with E-state index in [1.807, 2.05) is 6.26 Å². The standard InChI is InChI=1S/C26H42N4O4S2/c1-20(2)13-14-29(19-35-3)16-25(31)28-24(18-36-17-22-7-5-4-6-8-22)26(32)27-15-21-9-11-23(12-10-21)30(33)34/h9-12,20,22,24H,4-8,13-19H2,1-3H3,(H,27,32)(H,28,31). The van der Waals surface area contributed by atoms with E-state index >= 15 is 0 Å². The molecule has 202 valence electrons. The molecule has 1 unspecified atom stereocenters. The van der Waals surface area contributed by atoms with Gasteiger partial charge in [0, 0.05) is 30.3 Å². The number of carbonyl (C=O) groups is 2. The molecule has 0 bridgehead atoms. The van der Waals surface area contributed by atoms with Gasteiger partial charge >= 0.3 is 0 Å². The number of rotatable bonds is 16. The molecular weight excluding hydrogens is 496 g/mol. The number of hydrogen-bond donors (Lipinski definition) is 2. The number of nitrogens with one attached hydrogen (secondary N) is 2. The molecule has 1 fully saturated rings. The first kappa shape index (κ1) is 30.4. The van der Waals surface area contributed by atoms with Gasteiger partial charge in [0.2, 0.25) is 11.8 Å². The molecule has 2 rings (SSSR count). The van der Waals surface area contributed by atoms with E-state index in [1.54, 1.807) is 35.7 Å². The van der Waals surface area contributed by atoms with Crippen molar-refractivity contribution < 1.29 is 14.5 Å². The van der Waals surface area contributed by atoms with E-state index in [-0.39, 0.29) is 30.6 Å². The fourth-order valence-corrected chi connectivity index (χ4v) is 6.05. The number of non-ortho nitro benzene ring substituents is 1. The number of thioether (sulfide) groups is 2. The van der Waals surface area contributed by atoms with Crippen LogP contribution in [0.5, 0.6) is 0 Å². The van der Waals surface area contributed by atoms with Crippen LogP contribution in [-0.4, -0.2) is 64.4 Å². The molecule has 1 aliphatic carbocycles. The molecule has 1 aromatic rings. The summed E-state index contributed by atoms with van der Waals surface area (Å²) < 4.78 is 0. The van der Waals surface area contributed by atoms with Crippen LogP contribution in [0.15, 0.2) is 24.3 Å². The second-order valence-electron chi connectivity index (χ2n) is 9.96. The van der Waals surface area contributed by atoms with Crippen LogP contribution in [0.3, 0.4) is 0 Å². The van der Waals surface area contributed by atoms with Gasteiger partial charge in [0.1, 0.15) is 6.04 Å². The van der Waals surface area contributed by atoms with Crippen molar-refractivity contribution in [3.63, 3.8) is 0 Å². The van der Waals surface area contributed by atoms with Gasteiger partial charge in [-0.25, -0.2) is 0 Å². The molecular formula is C26H42N4O4S2. The van der Waals surface area contributed by atoms with Gasteiger partial charge in [0.25, 0.3) is 5.69 Å². The maximum atomic E-state index is 13.1. The molecule has 0 heterocycles. The van der Waals surface area contributed by atoms with Crippen molar-refractivity contribution in [1.82, 2.24) is 15.5 Å². The van der Waals surface area contributed by atoms with Gasteiger partial charge < -0.3 is 10.6 Å². The summed E-state index contributed by atoms with van der Waals surface area (Å²) in [5, 5.41) is 16.7. The molecule has 8 nitrogen and oxygen atoms in total. The average Bonchev–Trinajstić information content (AvgIpc) is 2.86. The van der Waals surface area contributed by atoms with E-state index < -0.39 is 11.0 Å². The third-order valence-corrected chi connectivity index (χ3v) is 8.23. The number of nitro benzene ring substituents is 1. The summed E-state index contributed by atoms with van der Waals surface area (Å²) in [5.41, 5.74) is 0.787. The Bertz CT molecular complexity index is 817. The van der Waals surface area contributed by atoms with Crippen LogP contribution in [0, 0.1) is 22.0 Å². The van der Waals surface area contributed by atoms with Crippen molar-refractivity contribution in [2.24, 2.45) is 11.8 Å². The molecule has 0 radical (unpaired) electrons. The van der Waals surface area contributed by atoms with Crippen molar-refractivity contribution >= 4 is 41.0 Å². The minimum Gasteiger partial charge on any atom is -0.350 e. The molecule has 0 saturated heterocycles. The van der Waals surface area contributed by atoms with Gasteiger partial charge in [-0.15, -0.1) is 11.8 Å². The van der Waals surface area contributed by atoms with Crippen LogP contribution < -0.4 is 10.6 Å². The Morgan fingerprint density at radius 3 is 2.47 bits per heavy atom. The second-order valence-corrected chi connectivity index (χ2v) is 11.9. The first-order chi connectivity index (χ1) is 17.3. The van der Waals surface area contributed by atoms with Crippen molar-refractivity contribution in [2.45, 2.75) is 65.0 Å². The molecule has 1 aromatic carbocycles. The summed E-state index contributed by atoms with van der Waals surface area (Å²) in [6.07, 6.45) is 9.41. The number of nitrogens with zero attached hydrogens (tertiary/aromatic N) is 2. The van der Waals surface area contributed by atoms with Gasteiger partial charge in [-0.3, -0.25) is 24.6 Å². The van der Waals surface area contributed by atoms with E-state index in [9.17, 15) is 19.7 Å². The minimum atomic E-state index is -0.620. The normalized spacial score (nSPS) is 15.1. The van der Waals surface area contributed by atoms with Crippen molar-refractivity contribution in [3.05, 3.63) is 39.9 Å². The summed E-state index contributed by atoms with van der Waals surface area (Å²) in [5.74, 6) is 3.20. The predicted octanol–water partition coefficient (Wildman–Crippen LogP) is 4.68. The zero-order valence-electron chi connectivity index (χ0n) is 21.9. The zero-order chi connectivity index (χ0) is 26.3. The largest absolute Gasteiger partial charge is 0.350 e. The summed E-state index contributed by atoms with van der Waals surface area (Å²) in [6.45, 7) is 5.72. The molecule has 10 heteroatoms. The lowest BCUT2D eigenvalue weighted by atomic mass is 9.91. The van der Waals surface area contributed by atoms with Gasteiger partial charge in [0.05, 0.1) is 11.5 Å². The van der Waals surface area contributed by atoms with Gasteiger partial charge in [-0.05, 0) is 55.2 Å². The highest BCUT2D eigenvalue weighted by atomic mass is 32.2. The summed E-state index contributed by atoms with van der Waals surface area (Å²) >= 11 is 3.43. The highest BCUT2D eigenvalue weighted by molar-refractivity contribution is 7.99. The number of amides is 2. The van der Waals surface area contributed by atoms with E-state index in [1.165, 1.54) is 44.2 Å². The first-order valence-electron chi connectivity index (χ1n) is 12.9. The molecule has 0 spiro atoms. The monoisotopic (exact) mass is 538 g/mol.